The highest BCUT2D eigenvalue weighted by atomic mass is 16.6. The number of amides is 6. The molecule has 2 heterocycles. The number of hydrogen-bond acceptors (Lipinski definition) is 9. The van der Waals surface area contributed by atoms with E-state index in [4.69, 9.17) is 10.2 Å². The maximum atomic E-state index is 13.7. The molecule has 16 nitrogen and oxygen atoms in total. The lowest BCUT2D eigenvalue weighted by Gasteiger charge is -2.25. The number of primary amides is 1. The molecule has 7 N–H and O–H groups in total. The molecule has 1 aliphatic heterocycles. The summed E-state index contributed by atoms with van der Waals surface area (Å²) >= 11 is 0. The number of rotatable bonds is 8. The van der Waals surface area contributed by atoms with E-state index in [0.717, 1.165) is 25.0 Å². The van der Waals surface area contributed by atoms with Crippen molar-refractivity contribution >= 4 is 41.1 Å². The van der Waals surface area contributed by atoms with Crippen LogP contribution < -0.4 is 32.3 Å². The average molecular weight is 638 g/mol. The van der Waals surface area contributed by atoms with Crippen LogP contribution in [0.2, 0.25) is 0 Å². The molecule has 1 aromatic carbocycles. The molecule has 0 radical (unpaired) electrons. The van der Waals surface area contributed by atoms with Gasteiger partial charge in [0.2, 0.25) is 35.4 Å². The van der Waals surface area contributed by atoms with Gasteiger partial charge >= 0.3 is 0 Å². The standard InChI is InChI=1S/C30H35N7O9/c31-27(40)21-11-12-32-28(41)22(14-18-5-7-19(8-6-18)37(44)45)35-30(43)24(16-20-2-1-13-46-20)36-29(42)23(15-17-3-4-17)34-26(39)10-9-25(38)33-21/h1-2,5-10,13,17,21-24H,3-4,11-12,14-16H2,(H2,31,40)(H,32,41)(H,33,38)(H,34,39)(H,35,43)(H,36,42)/b10-9-/t21-,22-,23-,24-/m0/s1. The lowest BCUT2D eigenvalue weighted by molar-refractivity contribution is -0.384. The van der Waals surface area contributed by atoms with Crippen LogP contribution in [-0.4, -0.2) is 71.1 Å². The second-order valence-corrected chi connectivity index (χ2v) is 11.2. The summed E-state index contributed by atoms with van der Waals surface area (Å²) in [6, 6.07) is 3.94. The monoisotopic (exact) mass is 637 g/mol. The number of furan rings is 1. The van der Waals surface area contributed by atoms with Crippen molar-refractivity contribution in [2.75, 3.05) is 6.54 Å². The summed E-state index contributed by atoms with van der Waals surface area (Å²) in [6.07, 6.45) is 4.96. The van der Waals surface area contributed by atoms with E-state index in [1.54, 1.807) is 12.1 Å². The van der Waals surface area contributed by atoms with Crippen LogP contribution in [0, 0.1) is 16.0 Å². The van der Waals surface area contributed by atoms with E-state index in [2.05, 4.69) is 26.6 Å². The maximum absolute atomic E-state index is 13.7. The number of nitrogens with zero attached hydrogens (tertiary/aromatic N) is 1. The van der Waals surface area contributed by atoms with Crippen molar-refractivity contribution in [3.8, 4) is 0 Å². The molecule has 16 heteroatoms. The summed E-state index contributed by atoms with van der Waals surface area (Å²) in [5.41, 5.74) is 5.75. The fourth-order valence-electron chi connectivity index (χ4n) is 4.84. The largest absolute Gasteiger partial charge is 0.469 e. The second kappa shape index (κ2) is 15.5. The number of nitro benzene ring substituents is 1. The van der Waals surface area contributed by atoms with Crippen LogP contribution in [0.4, 0.5) is 5.69 Å². The first-order valence-electron chi connectivity index (χ1n) is 14.7. The molecular weight excluding hydrogens is 602 g/mol. The third-order valence-electron chi connectivity index (χ3n) is 7.52. The van der Waals surface area contributed by atoms with Crippen LogP contribution in [-0.2, 0) is 41.6 Å². The van der Waals surface area contributed by atoms with Crippen LogP contribution in [0.5, 0.6) is 0 Å². The summed E-state index contributed by atoms with van der Waals surface area (Å²) in [5.74, 6) is -3.91. The zero-order valence-electron chi connectivity index (χ0n) is 24.7. The molecule has 4 atom stereocenters. The minimum atomic E-state index is -1.23. The van der Waals surface area contributed by atoms with Crippen molar-refractivity contribution < 1.29 is 38.1 Å². The first-order valence-corrected chi connectivity index (χ1v) is 14.7. The van der Waals surface area contributed by atoms with Crippen molar-refractivity contribution in [2.45, 2.75) is 62.7 Å². The van der Waals surface area contributed by atoms with Crippen LogP contribution in [0.25, 0.3) is 0 Å². The molecule has 1 aliphatic carbocycles. The van der Waals surface area contributed by atoms with Gasteiger partial charge in [0, 0.05) is 43.7 Å². The molecule has 46 heavy (non-hydrogen) atoms. The van der Waals surface area contributed by atoms with E-state index in [-0.39, 0.29) is 37.4 Å². The Morgan fingerprint density at radius 3 is 2.04 bits per heavy atom. The Morgan fingerprint density at radius 2 is 1.46 bits per heavy atom. The predicted octanol–water partition coefficient (Wildman–Crippen LogP) is -0.726. The van der Waals surface area contributed by atoms with Crippen molar-refractivity contribution in [3.63, 3.8) is 0 Å². The summed E-state index contributed by atoms with van der Waals surface area (Å²) < 4.78 is 5.40. The zero-order chi connectivity index (χ0) is 33.2. The Labute approximate surface area is 263 Å². The molecule has 0 saturated heterocycles. The Bertz CT molecular complexity index is 1490. The highest BCUT2D eigenvalue weighted by Gasteiger charge is 2.34. The Morgan fingerprint density at radius 1 is 0.826 bits per heavy atom. The first kappa shape index (κ1) is 33.4. The van der Waals surface area contributed by atoms with E-state index in [0.29, 0.717) is 17.7 Å². The number of nitrogens with one attached hydrogen (secondary N) is 5. The number of nitrogens with two attached hydrogens (primary N) is 1. The first-order chi connectivity index (χ1) is 22.0. The van der Waals surface area contributed by atoms with Gasteiger partial charge in [-0.3, -0.25) is 38.9 Å². The Kier molecular flexibility index (Phi) is 11.2. The van der Waals surface area contributed by atoms with Gasteiger partial charge in [0.25, 0.3) is 5.69 Å². The lowest BCUT2D eigenvalue weighted by Crippen LogP contribution is -2.58. The number of carbonyl (C=O) groups excluding carboxylic acids is 6. The molecule has 0 bridgehead atoms. The van der Waals surface area contributed by atoms with Crippen LogP contribution in [0.3, 0.4) is 0 Å². The van der Waals surface area contributed by atoms with Crippen LogP contribution >= 0.6 is 0 Å². The molecule has 6 amide bonds. The molecule has 2 aromatic rings. The topological polar surface area (TPSA) is 245 Å². The van der Waals surface area contributed by atoms with Gasteiger partial charge < -0.3 is 36.7 Å². The maximum Gasteiger partial charge on any atom is 0.269 e. The highest BCUT2D eigenvalue weighted by Crippen LogP contribution is 2.33. The van der Waals surface area contributed by atoms with E-state index >= 15 is 0 Å². The minimum Gasteiger partial charge on any atom is -0.469 e. The smallest absolute Gasteiger partial charge is 0.269 e. The third-order valence-corrected chi connectivity index (χ3v) is 7.52. The summed E-state index contributed by atoms with van der Waals surface area (Å²) in [5, 5.41) is 24.0. The number of carbonyl (C=O) groups is 6. The predicted molar refractivity (Wildman–Crippen MR) is 160 cm³/mol. The van der Waals surface area contributed by atoms with Crippen LogP contribution in [0.1, 0.15) is 37.0 Å². The van der Waals surface area contributed by atoms with Gasteiger partial charge in [0.15, 0.2) is 0 Å². The average Bonchev–Trinajstić information content (AvgIpc) is 3.69. The molecule has 1 fully saturated rings. The fourth-order valence-corrected chi connectivity index (χ4v) is 4.84. The SMILES string of the molecule is NC(=O)[C@@H]1CCNC(=O)[C@H](Cc2ccc([N+](=O)[O-])cc2)NC(=O)[C@H](Cc2ccco2)NC(=O)[C@H](CC2CC2)NC(=O)/C=C\C(=O)N1. The molecule has 1 aromatic heterocycles. The summed E-state index contributed by atoms with van der Waals surface area (Å²) in [4.78, 5) is 88.2. The van der Waals surface area contributed by atoms with Crippen molar-refractivity contribution in [2.24, 2.45) is 11.7 Å². The molecular formula is C30H35N7O9. The van der Waals surface area contributed by atoms with Crippen molar-refractivity contribution in [1.29, 1.82) is 0 Å². The van der Waals surface area contributed by atoms with Crippen LogP contribution in [0.15, 0.2) is 59.2 Å². The fraction of sp³-hybridized carbons (Fsp3) is 0.400. The van der Waals surface area contributed by atoms with Gasteiger partial charge in [0.1, 0.15) is 29.9 Å². The van der Waals surface area contributed by atoms with E-state index in [1.807, 2.05) is 0 Å². The molecule has 244 valence electrons. The number of non-ortho nitro benzene ring substituents is 1. The van der Waals surface area contributed by atoms with Gasteiger partial charge in [-0.05, 0) is 36.5 Å². The normalized spacial score (nSPS) is 24.2. The van der Waals surface area contributed by atoms with Gasteiger partial charge in [-0.2, -0.15) is 0 Å². The number of nitro groups is 1. The third kappa shape index (κ3) is 10.0. The summed E-state index contributed by atoms with van der Waals surface area (Å²) in [7, 11) is 0. The molecule has 0 spiro atoms. The van der Waals surface area contributed by atoms with Gasteiger partial charge in [0.05, 0.1) is 11.2 Å². The highest BCUT2D eigenvalue weighted by molar-refractivity contribution is 6.00. The van der Waals surface area contributed by atoms with E-state index in [9.17, 15) is 38.9 Å². The summed E-state index contributed by atoms with van der Waals surface area (Å²) in [6.45, 7) is -0.140. The second-order valence-electron chi connectivity index (χ2n) is 11.2. The van der Waals surface area contributed by atoms with E-state index in [1.165, 1.54) is 30.5 Å². The quantitative estimate of drug-likeness (QED) is 0.158. The van der Waals surface area contributed by atoms with Gasteiger partial charge in [-0.25, -0.2) is 0 Å². The Balaban J connectivity index is 1.64. The molecule has 4 rings (SSSR count). The van der Waals surface area contributed by atoms with Gasteiger partial charge in [-0.1, -0.05) is 25.0 Å². The number of hydrogen-bond donors (Lipinski definition) is 6. The van der Waals surface area contributed by atoms with E-state index < -0.39 is 64.5 Å². The van der Waals surface area contributed by atoms with Crippen molar-refractivity contribution in [3.05, 3.63) is 76.3 Å². The molecule has 2 aliphatic rings. The van der Waals surface area contributed by atoms with Crippen molar-refractivity contribution in [1.82, 2.24) is 26.6 Å². The molecule has 0 unspecified atom stereocenters. The molecule has 1 saturated carbocycles. The zero-order valence-corrected chi connectivity index (χ0v) is 24.7. The minimum absolute atomic E-state index is 0.0824. The van der Waals surface area contributed by atoms with Gasteiger partial charge in [-0.15, -0.1) is 0 Å². The Hall–Kier alpha value is -5.54. The number of benzene rings is 1. The lowest BCUT2D eigenvalue weighted by atomic mass is 10.0.